The molecule has 2 aromatic rings. The summed E-state index contributed by atoms with van der Waals surface area (Å²) in [5, 5.41) is 6.67. The van der Waals surface area contributed by atoms with Gasteiger partial charge in [-0.1, -0.05) is 41.9 Å². The number of carbonyl (C=O) groups is 1. The minimum atomic E-state index is -0.367. The molecule has 0 aromatic heterocycles. The fourth-order valence-corrected chi connectivity index (χ4v) is 2.48. The number of amides is 1. The van der Waals surface area contributed by atoms with Gasteiger partial charge in [-0.3, -0.25) is 10.1 Å². The van der Waals surface area contributed by atoms with Gasteiger partial charge in [-0.15, -0.1) is 0 Å². The van der Waals surface area contributed by atoms with Gasteiger partial charge in [-0.05, 0) is 37.6 Å². The zero-order chi connectivity index (χ0) is 16.8. The van der Waals surface area contributed by atoms with Crippen molar-refractivity contribution in [1.29, 1.82) is 0 Å². The Morgan fingerprint density at radius 1 is 1.13 bits per heavy atom. The highest BCUT2D eigenvalue weighted by atomic mass is 35.5. The lowest BCUT2D eigenvalue weighted by atomic mass is 10.1. The highest BCUT2D eigenvalue weighted by Crippen LogP contribution is 2.27. The molecule has 0 saturated carbocycles. The number of rotatable bonds is 6. The molecule has 0 heterocycles. The van der Waals surface area contributed by atoms with Crippen LogP contribution in [-0.4, -0.2) is 19.1 Å². The molecule has 4 nitrogen and oxygen atoms in total. The molecule has 1 amide bonds. The fraction of sp³-hybridized carbons (Fsp3) is 0.278. The van der Waals surface area contributed by atoms with Gasteiger partial charge in [-0.2, -0.15) is 0 Å². The maximum atomic E-state index is 12.4. The van der Waals surface area contributed by atoms with E-state index >= 15 is 0 Å². The molecule has 0 fully saturated rings. The van der Waals surface area contributed by atoms with Gasteiger partial charge >= 0.3 is 0 Å². The average Bonchev–Trinajstić information content (AvgIpc) is 2.55. The topological polar surface area (TPSA) is 50.4 Å². The minimum Gasteiger partial charge on any atom is -0.495 e. The monoisotopic (exact) mass is 332 g/mol. The number of benzene rings is 2. The molecule has 0 aliphatic heterocycles. The van der Waals surface area contributed by atoms with Crippen LogP contribution in [-0.2, 0) is 4.79 Å². The van der Waals surface area contributed by atoms with Gasteiger partial charge < -0.3 is 10.1 Å². The van der Waals surface area contributed by atoms with Crippen LogP contribution in [0.25, 0.3) is 0 Å². The summed E-state index contributed by atoms with van der Waals surface area (Å²) in [7, 11) is 1.55. The SMILES string of the molecule is COc1ccc(Cl)cc1NC(=O)[C@H](C)N[C@@H](C)c1ccccc1. The van der Waals surface area contributed by atoms with E-state index in [0.717, 1.165) is 5.56 Å². The Morgan fingerprint density at radius 3 is 2.48 bits per heavy atom. The molecule has 5 heteroatoms. The lowest BCUT2D eigenvalue weighted by molar-refractivity contribution is -0.117. The van der Waals surface area contributed by atoms with Gasteiger partial charge in [0.25, 0.3) is 0 Å². The van der Waals surface area contributed by atoms with E-state index in [9.17, 15) is 4.79 Å². The van der Waals surface area contributed by atoms with E-state index in [1.807, 2.05) is 44.2 Å². The maximum Gasteiger partial charge on any atom is 0.241 e. The Labute approximate surface area is 141 Å². The van der Waals surface area contributed by atoms with Crippen molar-refractivity contribution in [3.63, 3.8) is 0 Å². The Morgan fingerprint density at radius 2 is 1.83 bits per heavy atom. The second-order valence-electron chi connectivity index (χ2n) is 5.35. The van der Waals surface area contributed by atoms with Crippen molar-refractivity contribution in [2.45, 2.75) is 25.9 Å². The molecule has 0 radical (unpaired) electrons. The lowest BCUT2D eigenvalue weighted by Crippen LogP contribution is -2.39. The van der Waals surface area contributed by atoms with Crippen LogP contribution in [0, 0.1) is 0 Å². The quantitative estimate of drug-likeness (QED) is 0.839. The smallest absolute Gasteiger partial charge is 0.241 e. The van der Waals surface area contributed by atoms with Crippen molar-refractivity contribution in [3.8, 4) is 5.75 Å². The molecule has 2 rings (SSSR count). The van der Waals surface area contributed by atoms with Crippen molar-refractivity contribution in [2.75, 3.05) is 12.4 Å². The fourth-order valence-electron chi connectivity index (χ4n) is 2.31. The minimum absolute atomic E-state index is 0.0678. The van der Waals surface area contributed by atoms with Crippen LogP contribution in [0.15, 0.2) is 48.5 Å². The van der Waals surface area contributed by atoms with Crippen molar-refractivity contribution in [3.05, 3.63) is 59.1 Å². The van der Waals surface area contributed by atoms with Crippen LogP contribution < -0.4 is 15.4 Å². The van der Waals surface area contributed by atoms with Crippen molar-refractivity contribution < 1.29 is 9.53 Å². The van der Waals surface area contributed by atoms with Crippen LogP contribution in [0.4, 0.5) is 5.69 Å². The van der Waals surface area contributed by atoms with E-state index < -0.39 is 0 Å². The van der Waals surface area contributed by atoms with Crippen LogP contribution >= 0.6 is 11.6 Å². The second kappa shape index (κ2) is 7.99. The molecular weight excluding hydrogens is 312 g/mol. The normalized spacial score (nSPS) is 13.2. The van der Waals surface area contributed by atoms with Crippen LogP contribution in [0.3, 0.4) is 0 Å². The largest absolute Gasteiger partial charge is 0.495 e. The van der Waals surface area contributed by atoms with Gasteiger partial charge in [0.15, 0.2) is 0 Å². The molecule has 122 valence electrons. The number of carbonyl (C=O) groups excluding carboxylic acids is 1. The summed E-state index contributed by atoms with van der Waals surface area (Å²) in [4.78, 5) is 12.4. The summed E-state index contributed by atoms with van der Waals surface area (Å²) in [6.07, 6.45) is 0. The third kappa shape index (κ3) is 4.71. The summed E-state index contributed by atoms with van der Waals surface area (Å²) in [6.45, 7) is 3.85. The van der Waals surface area contributed by atoms with Gasteiger partial charge in [0.2, 0.25) is 5.91 Å². The lowest BCUT2D eigenvalue weighted by Gasteiger charge is -2.20. The van der Waals surface area contributed by atoms with E-state index in [1.165, 1.54) is 0 Å². The molecule has 0 saturated heterocycles. The first-order valence-electron chi connectivity index (χ1n) is 7.46. The molecule has 0 aliphatic rings. The van der Waals surface area contributed by atoms with E-state index in [2.05, 4.69) is 10.6 Å². The molecule has 2 atom stereocenters. The molecule has 0 bridgehead atoms. The molecule has 23 heavy (non-hydrogen) atoms. The number of ether oxygens (including phenoxy) is 1. The number of methoxy groups -OCH3 is 1. The Hall–Kier alpha value is -2.04. The van der Waals surface area contributed by atoms with Crippen LogP contribution in [0.2, 0.25) is 5.02 Å². The van der Waals surface area contributed by atoms with Crippen molar-refractivity contribution in [1.82, 2.24) is 5.32 Å². The first-order chi connectivity index (χ1) is 11.0. The van der Waals surface area contributed by atoms with Gasteiger partial charge in [0, 0.05) is 11.1 Å². The number of hydrogen-bond donors (Lipinski definition) is 2. The Balaban J connectivity index is 2.02. The Bertz CT molecular complexity index is 661. The molecule has 2 aromatic carbocycles. The second-order valence-corrected chi connectivity index (χ2v) is 5.79. The third-order valence-electron chi connectivity index (χ3n) is 3.61. The summed E-state index contributed by atoms with van der Waals surface area (Å²) >= 11 is 5.98. The third-order valence-corrected chi connectivity index (χ3v) is 3.85. The predicted octanol–water partition coefficient (Wildman–Crippen LogP) is 4.03. The first kappa shape index (κ1) is 17.3. The molecular formula is C18H21ClN2O2. The molecule has 0 unspecified atom stereocenters. The first-order valence-corrected chi connectivity index (χ1v) is 7.84. The maximum absolute atomic E-state index is 12.4. The van der Waals surface area contributed by atoms with Gasteiger partial charge in [-0.25, -0.2) is 0 Å². The zero-order valence-electron chi connectivity index (χ0n) is 13.5. The number of hydrogen-bond acceptors (Lipinski definition) is 3. The number of halogens is 1. The van der Waals surface area contributed by atoms with E-state index in [0.29, 0.717) is 16.5 Å². The summed E-state index contributed by atoms with van der Waals surface area (Å²) in [6, 6.07) is 14.8. The Kier molecular flexibility index (Phi) is 6.02. The number of nitrogens with one attached hydrogen (secondary N) is 2. The molecule has 2 N–H and O–H groups in total. The predicted molar refractivity (Wildman–Crippen MR) is 94.1 cm³/mol. The summed E-state index contributed by atoms with van der Waals surface area (Å²) in [5.41, 5.74) is 1.69. The standard InChI is InChI=1S/C18H21ClN2O2/c1-12(14-7-5-4-6-8-14)20-13(2)18(22)21-16-11-15(19)9-10-17(16)23-3/h4-13,20H,1-3H3,(H,21,22)/t12-,13-/m0/s1. The highest BCUT2D eigenvalue weighted by molar-refractivity contribution is 6.31. The molecule has 0 aliphatic carbocycles. The van der Waals surface area contributed by atoms with E-state index in [1.54, 1.807) is 25.3 Å². The van der Waals surface area contributed by atoms with E-state index in [-0.39, 0.29) is 18.0 Å². The van der Waals surface area contributed by atoms with Crippen LogP contribution in [0.5, 0.6) is 5.75 Å². The average molecular weight is 333 g/mol. The van der Waals surface area contributed by atoms with Gasteiger partial charge in [0.05, 0.1) is 18.8 Å². The number of anilines is 1. The highest BCUT2D eigenvalue weighted by Gasteiger charge is 2.17. The van der Waals surface area contributed by atoms with Gasteiger partial charge in [0.1, 0.15) is 5.75 Å². The van der Waals surface area contributed by atoms with Crippen molar-refractivity contribution in [2.24, 2.45) is 0 Å². The molecule has 0 spiro atoms. The summed E-state index contributed by atoms with van der Waals surface area (Å²) < 4.78 is 5.24. The van der Waals surface area contributed by atoms with Crippen LogP contribution in [0.1, 0.15) is 25.5 Å². The summed E-state index contributed by atoms with van der Waals surface area (Å²) in [5.74, 6) is 0.430. The van der Waals surface area contributed by atoms with Crippen molar-refractivity contribution >= 4 is 23.2 Å². The van der Waals surface area contributed by atoms with E-state index in [4.69, 9.17) is 16.3 Å². The zero-order valence-corrected chi connectivity index (χ0v) is 14.2.